The molecule has 1 heterocycles. The van der Waals surface area contributed by atoms with Crippen LogP contribution in [0.5, 0.6) is 0 Å². The van der Waals surface area contributed by atoms with Crippen molar-refractivity contribution in [3.63, 3.8) is 0 Å². The number of nitrogens with zero attached hydrogens (tertiary/aromatic N) is 1. The summed E-state index contributed by atoms with van der Waals surface area (Å²) < 4.78 is 5.01. The van der Waals surface area contributed by atoms with Gasteiger partial charge in [-0.15, -0.1) is 0 Å². The summed E-state index contributed by atoms with van der Waals surface area (Å²) >= 11 is 0. The molecule has 0 bridgehead atoms. The summed E-state index contributed by atoms with van der Waals surface area (Å²) in [5.74, 6) is 0.141. The van der Waals surface area contributed by atoms with Crippen LogP contribution in [-0.2, 0) is 14.3 Å². The SMILES string of the molecule is CCCN1CC(CC(=O)OCC)CC(NC(C)=O)C1. The van der Waals surface area contributed by atoms with Gasteiger partial charge in [-0.2, -0.15) is 0 Å². The number of esters is 1. The molecule has 1 aliphatic rings. The molecule has 0 aliphatic carbocycles. The first-order valence-corrected chi connectivity index (χ1v) is 7.20. The van der Waals surface area contributed by atoms with Gasteiger partial charge in [0, 0.05) is 32.5 Å². The van der Waals surface area contributed by atoms with E-state index in [1.54, 1.807) is 6.92 Å². The Labute approximate surface area is 115 Å². The molecular weight excluding hydrogens is 244 g/mol. The van der Waals surface area contributed by atoms with E-state index in [4.69, 9.17) is 4.74 Å². The maximum Gasteiger partial charge on any atom is 0.306 e. The molecule has 0 spiro atoms. The summed E-state index contributed by atoms with van der Waals surface area (Å²) in [6.45, 7) is 8.74. The lowest BCUT2D eigenvalue weighted by Crippen LogP contribution is -2.50. The second-order valence-corrected chi connectivity index (χ2v) is 5.27. The maximum atomic E-state index is 11.6. The van der Waals surface area contributed by atoms with Gasteiger partial charge in [-0.3, -0.25) is 9.59 Å². The predicted octanol–water partition coefficient (Wildman–Crippen LogP) is 1.18. The Kier molecular flexibility index (Phi) is 6.84. The van der Waals surface area contributed by atoms with Crippen LogP contribution in [0.2, 0.25) is 0 Å². The molecule has 0 saturated carbocycles. The highest BCUT2D eigenvalue weighted by atomic mass is 16.5. The number of hydrogen-bond donors (Lipinski definition) is 1. The topological polar surface area (TPSA) is 58.6 Å². The molecule has 1 N–H and O–H groups in total. The van der Waals surface area contributed by atoms with Crippen LogP contribution in [0, 0.1) is 5.92 Å². The average molecular weight is 270 g/mol. The first-order chi connectivity index (χ1) is 9.05. The molecule has 1 rings (SSSR count). The number of rotatable bonds is 6. The molecule has 2 unspecified atom stereocenters. The van der Waals surface area contributed by atoms with Gasteiger partial charge in [0.1, 0.15) is 0 Å². The molecule has 2 atom stereocenters. The van der Waals surface area contributed by atoms with Crippen LogP contribution in [0.4, 0.5) is 0 Å². The fourth-order valence-corrected chi connectivity index (χ4v) is 2.80. The fraction of sp³-hybridized carbons (Fsp3) is 0.857. The largest absolute Gasteiger partial charge is 0.466 e. The minimum atomic E-state index is -0.132. The third-order valence-electron chi connectivity index (χ3n) is 3.32. The van der Waals surface area contributed by atoms with E-state index in [1.165, 1.54) is 0 Å². The Morgan fingerprint density at radius 3 is 2.63 bits per heavy atom. The zero-order chi connectivity index (χ0) is 14.3. The van der Waals surface area contributed by atoms with Crippen molar-refractivity contribution >= 4 is 11.9 Å². The number of carbonyl (C=O) groups excluding carboxylic acids is 2. The van der Waals surface area contributed by atoms with Gasteiger partial charge < -0.3 is 15.0 Å². The summed E-state index contributed by atoms with van der Waals surface area (Å²) in [5.41, 5.74) is 0. The Morgan fingerprint density at radius 1 is 1.32 bits per heavy atom. The highest BCUT2D eigenvalue weighted by Crippen LogP contribution is 2.21. The van der Waals surface area contributed by atoms with E-state index in [9.17, 15) is 9.59 Å². The molecule has 5 heteroatoms. The molecule has 19 heavy (non-hydrogen) atoms. The van der Waals surface area contributed by atoms with Crippen molar-refractivity contribution in [1.29, 1.82) is 0 Å². The van der Waals surface area contributed by atoms with Gasteiger partial charge in [-0.05, 0) is 32.2 Å². The number of piperidine rings is 1. The normalized spacial score (nSPS) is 23.9. The van der Waals surface area contributed by atoms with E-state index in [0.717, 1.165) is 32.5 Å². The fourth-order valence-electron chi connectivity index (χ4n) is 2.80. The van der Waals surface area contributed by atoms with E-state index >= 15 is 0 Å². The standard InChI is InChI=1S/C14H26N2O3/c1-4-6-16-9-12(8-14(18)19-5-2)7-13(10-16)15-11(3)17/h12-13H,4-10H2,1-3H3,(H,15,17). The molecule has 1 fully saturated rings. The second-order valence-electron chi connectivity index (χ2n) is 5.27. The zero-order valence-corrected chi connectivity index (χ0v) is 12.3. The van der Waals surface area contributed by atoms with Gasteiger partial charge in [0.25, 0.3) is 0 Å². The number of nitrogens with one attached hydrogen (secondary N) is 1. The Bertz CT molecular complexity index is 307. The lowest BCUT2D eigenvalue weighted by Gasteiger charge is -2.37. The lowest BCUT2D eigenvalue weighted by atomic mass is 9.91. The van der Waals surface area contributed by atoms with E-state index in [-0.39, 0.29) is 23.8 Å². The van der Waals surface area contributed by atoms with E-state index in [2.05, 4.69) is 17.1 Å². The lowest BCUT2D eigenvalue weighted by molar-refractivity contribution is -0.144. The van der Waals surface area contributed by atoms with E-state index in [1.807, 2.05) is 6.92 Å². The number of hydrogen-bond acceptors (Lipinski definition) is 4. The van der Waals surface area contributed by atoms with E-state index < -0.39 is 0 Å². The molecule has 0 aromatic carbocycles. The molecule has 1 aliphatic heterocycles. The second kappa shape index (κ2) is 8.15. The van der Waals surface area contributed by atoms with Crippen LogP contribution in [0.3, 0.4) is 0 Å². The summed E-state index contributed by atoms with van der Waals surface area (Å²) in [5, 5.41) is 2.97. The highest BCUT2D eigenvalue weighted by Gasteiger charge is 2.28. The molecule has 1 saturated heterocycles. The molecule has 0 aromatic heterocycles. The van der Waals surface area contributed by atoms with Crippen molar-refractivity contribution in [3.8, 4) is 0 Å². The van der Waals surface area contributed by atoms with Crippen molar-refractivity contribution < 1.29 is 14.3 Å². The minimum absolute atomic E-state index is 0.00164. The van der Waals surface area contributed by atoms with Crippen LogP contribution in [0.25, 0.3) is 0 Å². The Hall–Kier alpha value is -1.10. The van der Waals surface area contributed by atoms with Gasteiger partial charge in [0.2, 0.25) is 5.91 Å². The van der Waals surface area contributed by atoms with Crippen molar-refractivity contribution in [1.82, 2.24) is 10.2 Å². The number of ether oxygens (including phenoxy) is 1. The van der Waals surface area contributed by atoms with Crippen molar-refractivity contribution in [2.75, 3.05) is 26.2 Å². The third kappa shape index (κ3) is 6.05. The van der Waals surface area contributed by atoms with Crippen LogP contribution in [0.1, 0.15) is 40.0 Å². The van der Waals surface area contributed by atoms with Gasteiger partial charge >= 0.3 is 5.97 Å². The van der Waals surface area contributed by atoms with Crippen molar-refractivity contribution in [2.45, 2.75) is 46.1 Å². The summed E-state index contributed by atoms with van der Waals surface area (Å²) in [7, 11) is 0. The monoisotopic (exact) mass is 270 g/mol. The summed E-state index contributed by atoms with van der Waals surface area (Å²) in [6, 6.07) is 0.150. The van der Waals surface area contributed by atoms with Gasteiger partial charge in [0.05, 0.1) is 6.61 Å². The molecule has 110 valence electrons. The quantitative estimate of drug-likeness (QED) is 0.736. The Morgan fingerprint density at radius 2 is 2.05 bits per heavy atom. The van der Waals surface area contributed by atoms with Gasteiger partial charge in [-0.25, -0.2) is 0 Å². The smallest absolute Gasteiger partial charge is 0.306 e. The minimum Gasteiger partial charge on any atom is -0.466 e. The predicted molar refractivity (Wildman–Crippen MR) is 73.7 cm³/mol. The first-order valence-electron chi connectivity index (χ1n) is 7.20. The molecule has 1 amide bonds. The molecule has 0 radical (unpaired) electrons. The Balaban J connectivity index is 2.53. The number of likely N-dealkylation sites (tertiary alicyclic amines) is 1. The number of amides is 1. The van der Waals surface area contributed by atoms with Crippen LogP contribution in [0.15, 0.2) is 0 Å². The van der Waals surface area contributed by atoms with Gasteiger partial charge in [0.15, 0.2) is 0 Å². The summed E-state index contributed by atoms with van der Waals surface area (Å²) in [4.78, 5) is 25.1. The van der Waals surface area contributed by atoms with E-state index in [0.29, 0.717) is 13.0 Å². The summed E-state index contributed by atoms with van der Waals surface area (Å²) in [6.07, 6.45) is 2.39. The zero-order valence-electron chi connectivity index (χ0n) is 12.3. The van der Waals surface area contributed by atoms with Gasteiger partial charge in [-0.1, -0.05) is 6.92 Å². The number of carbonyl (C=O) groups is 2. The third-order valence-corrected chi connectivity index (χ3v) is 3.32. The molecular formula is C14H26N2O3. The van der Waals surface area contributed by atoms with Crippen LogP contribution < -0.4 is 5.32 Å². The first kappa shape index (κ1) is 16.0. The molecule has 0 aromatic rings. The maximum absolute atomic E-state index is 11.6. The van der Waals surface area contributed by atoms with Crippen molar-refractivity contribution in [3.05, 3.63) is 0 Å². The highest BCUT2D eigenvalue weighted by molar-refractivity contribution is 5.73. The average Bonchev–Trinajstić information content (AvgIpc) is 2.28. The van der Waals surface area contributed by atoms with Crippen LogP contribution >= 0.6 is 0 Å². The van der Waals surface area contributed by atoms with Crippen LogP contribution in [-0.4, -0.2) is 49.1 Å². The molecule has 5 nitrogen and oxygen atoms in total. The van der Waals surface area contributed by atoms with Crippen molar-refractivity contribution in [2.24, 2.45) is 5.92 Å².